The highest BCUT2D eigenvalue weighted by atomic mass is 35.5. The zero-order valence-corrected chi connectivity index (χ0v) is 14.5. The SMILES string of the molecule is Cc1nnc(SCc2ccccc2N(C)C)n1C.Cl.Cl. The Kier molecular flexibility index (Phi) is 8.01. The fourth-order valence-corrected chi connectivity index (χ4v) is 2.68. The van der Waals surface area contributed by atoms with Crippen molar-refractivity contribution >= 4 is 42.3 Å². The molecule has 1 aromatic carbocycles. The zero-order chi connectivity index (χ0) is 13.1. The third kappa shape index (κ3) is 4.30. The summed E-state index contributed by atoms with van der Waals surface area (Å²) in [6, 6.07) is 8.43. The number of nitrogens with zero attached hydrogens (tertiary/aromatic N) is 4. The number of para-hydroxylation sites is 1. The molecule has 0 saturated carbocycles. The highest BCUT2D eigenvalue weighted by molar-refractivity contribution is 7.98. The molecule has 1 heterocycles. The topological polar surface area (TPSA) is 34.0 Å². The second-order valence-corrected chi connectivity index (χ2v) is 5.34. The molecule has 0 bridgehead atoms. The van der Waals surface area contributed by atoms with Gasteiger partial charge >= 0.3 is 0 Å². The van der Waals surface area contributed by atoms with Gasteiger partial charge in [0.2, 0.25) is 0 Å². The molecule has 0 atom stereocenters. The molecule has 0 amide bonds. The molecule has 0 aliphatic rings. The van der Waals surface area contributed by atoms with E-state index in [9.17, 15) is 0 Å². The minimum absolute atomic E-state index is 0. The summed E-state index contributed by atoms with van der Waals surface area (Å²) in [5.74, 6) is 1.85. The molecule has 2 rings (SSSR count). The molecule has 0 unspecified atom stereocenters. The van der Waals surface area contributed by atoms with Crippen LogP contribution < -0.4 is 4.90 Å². The number of halogens is 2. The van der Waals surface area contributed by atoms with Crippen LogP contribution in [0.4, 0.5) is 5.69 Å². The molecule has 20 heavy (non-hydrogen) atoms. The molecule has 4 nitrogen and oxygen atoms in total. The Balaban J connectivity index is 0.00000180. The Bertz CT molecular complexity index is 543. The molecule has 0 radical (unpaired) electrons. The van der Waals surface area contributed by atoms with Crippen LogP contribution in [0.5, 0.6) is 0 Å². The summed E-state index contributed by atoms with van der Waals surface area (Å²) < 4.78 is 2.02. The lowest BCUT2D eigenvalue weighted by Gasteiger charge is -2.16. The van der Waals surface area contributed by atoms with E-state index >= 15 is 0 Å². The number of aromatic nitrogens is 3. The first-order chi connectivity index (χ1) is 8.59. The van der Waals surface area contributed by atoms with Crippen LogP contribution in [0, 0.1) is 6.92 Å². The lowest BCUT2D eigenvalue weighted by Crippen LogP contribution is -2.10. The second kappa shape index (κ2) is 8.39. The smallest absolute Gasteiger partial charge is 0.191 e. The van der Waals surface area contributed by atoms with Crippen LogP contribution in [0.25, 0.3) is 0 Å². The lowest BCUT2D eigenvalue weighted by atomic mass is 10.2. The number of anilines is 1. The molecular weight excluding hydrogens is 315 g/mol. The number of benzene rings is 1. The molecule has 1 aromatic heterocycles. The Hall–Kier alpha value is -0.910. The summed E-state index contributed by atoms with van der Waals surface area (Å²) >= 11 is 1.72. The molecule has 2 aromatic rings. The van der Waals surface area contributed by atoms with Gasteiger partial charge in [0.25, 0.3) is 0 Å². The van der Waals surface area contributed by atoms with Crippen LogP contribution in [0.15, 0.2) is 29.4 Å². The van der Waals surface area contributed by atoms with E-state index in [1.165, 1.54) is 11.3 Å². The molecule has 0 aliphatic heterocycles. The van der Waals surface area contributed by atoms with Gasteiger partial charge in [-0.05, 0) is 18.6 Å². The van der Waals surface area contributed by atoms with Crippen LogP contribution in [0.1, 0.15) is 11.4 Å². The summed E-state index contributed by atoms with van der Waals surface area (Å²) in [6.45, 7) is 1.96. The van der Waals surface area contributed by atoms with Gasteiger partial charge in [0.15, 0.2) is 5.16 Å². The molecule has 0 spiro atoms. The van der Waals surface area contributed by atoms with Crippen molar-refractivity contribution < 1.29 is 0 Å². The maximum atomic E-state index is 4.17. The van der Waals surface area contributed by atoms with E-state index in [-0.39, 0.29) is 24.8 Å². The molecule has 112 valence electrons. The quantitative estimate of drug-likeness (QED) is 0.803. The van der Waals surface area contributed by atoms with Crippen LogP contribution in [-0.4, -0.2) is 28.9 Å². The summed E-state index contributed by atoms with van der Waals surface area (Å²) in [7, 11) is 6.13. The first-order valence-corrected chi connectivity index (χ1v) is 6.82. The molecule has 0 N–H and O–H groups in total. The first-order valence-electron chi connectivity index (χ1n) is 5.83. The Morgan fingerprint density at radius 1 is 1.15 bits per heavy atom. The van der Waals surface area contributed by atoms with Gasteiger partial charge in [0.05, 0.1) is 0 Å². The van der Waals surface area contributed by atoms with Crippen molar-refractivity contribution in [3.63, 3.8) is 0 Å². The van der Waals surface area contributed by atoms with Crippen molar-refractivity contribution in [3.8, 4) is 0 Å². The summed E-state index contributed by atoms with van der Waals surface area (Å²) in [5, 5.41) is 9.19. The van der Waals surface area contributed by atoms with E-state index in [4.69, 9.17) is 0 Å². The van der Waals surface area contributed by atoms with Crippen molar-refractivity contribution in [2.45, 2.75) is 17.8 Å². The number of aryl methyl sites for hydroxylation is 1. The maximum absolute atomic E-state index is 4.17. The summed E-state index contributed by atoms with van der Waals surface area (Å²) in [6.07, 6.45) is 0. The Labute approximate surface area is 136 Å². The highest BCUT2D eigenvalue weighted by Gasteiger charge is 2.08. The molecule has 0 saturated heterocycles. The minimum atomic E-state index is 0. The fourth-order valence-electron chi connectivity index (χ4n) is 1.72. The number of thioether (sulfide) groups is 1. The number of rotatable bonds is 4. The van der Waals surface area contributed by atoms with Gasteiger partial charge in [-0.3, -0.25) is 0 Å². The molecule has 0 fully saturated rings. The molecule has 0 aliphatic carbocycles. The predicted molar refractivity (Wildman–Crippen MR) is 90.6 cm³/mol. The predicted octanol–water partition coefficient (Wildman–Crippen LogP) is 3.33. The standard InChI is InChI=1S/C13H18N4S.2ClH/c1-10-14-15-13(17(10)4)18-9-11-7-5-6-8-12(11)16(2)3;;/h5-8H,9H2,1-4H3;2*1H. The fraction of sp³-hybridized carbons (Fsp3) is 0.385. The minimum Gasteiger partial charge on any atom is -0.377 e. The van der Waals surface area contributed by atoms with E-state index < -0.39 is 0 Å². The lowest BCUT2D eigenvalue weighted by molar-refractivity contribution is 0.765. The maximum Gasteiger partial charge on any atom is 0.191 e. The van der Waals surface area contributed by atoms with E-state index in [1.54, 1.807) is 11.8 Å². The van der Waals surface area contributed by atoms with Crippen LogP contribution >= 0.6 is 36.6 Å². The third-order valence-electron chi connectivity index (χ3n) is 2.88. The van der Waals surface area contributed by atoms with Crippen molar-refractivity contribution in [1.82, 2.24) is 14.8 Å². The summed E-state index contributed by atoms with van der Waals surface area (Å²) in [4.78, 5) is 2.14. The van der Waals surface area contributed by atoms with Crippen molar-refractivity contribution in [3.05, 3.63) is 35.7 Å². The van der Waals surface area contributed by atoms with E-state index in [0.29, 0.717) is 0 Å². The van der Waals surface area contributed by atoms with Crippen LogP contribution in [0.2, 0.25) is 0 Å². The van der Waals surface area contributed by atoms with E-state index in [2.05, 4.69) is 53.5 Å². The molecule has 7 heteroatoms. The van der Waals surface area contributed by atoms with Gasteiger partial charge in [0.1, 0.15) is 5.82 Å². The van der Waals surface area contributed by atoms with Gasteiger partial charge in [0, 0.05) is 32.6 Å². The summed E-state index contributed by atoms with van der Waals surface area (Å²) in [5.41, 5.74) is 2.57. The second-order valence-electron chi connectivity index (χ2n) is 4.40. The van der Waals surface area contributed by atoms with E-state index in [0.717, 1.165) is 16.7 Å². The Morgan fingerprint density at radius 2 is 1.80 bits per heavy atom. The zero-order valence-electron chi connectivity index (χ0n) is 12.0. The average Bonchev–Trinajstić information content (AvgIpc) is 2.68. The van der Waals surface area contributed by atoms with Crippen molar-refractivity contribution in [1.29, 1.82) is 0 Å². The molecular formula is C13H20Cl2N4S. The van der Waals surface area contributed by atoms with Crippen molar-refractivity contribution in [2.75, 3.05) is 19.0 Å². The first kappa shape index (κ1) is 19.1. The van der Waals surface area contributed by atoms with Gasteiger partial charge in [-0.25, -0.2) is 0 Å². The Morgan fingerprint density at radius 3 is 2.35 bits per heavy atom. The van der Waals surface area contributed by atoms with Crippen LogP contribution in [-0.2, 0) is 12.8 Å². The number of hydrogen-bond donors (Lipinski definition) is 0. The van der Waals surface area contributed by atoms with Crippen LogP contribution in [0.3, 0.4) is 0 Å². The third-order valence-corrected chi connectivity index (χ3v) is 3.95. The van der Waals surface area contributed by atoms with Gasteiger partial charge in [-0.1, -0.05) is 30.0 Å². The monoisotopic (exact) mass is 334 g/mol. The highest BCUT2D eigenvalue weighted by Crippen LogP contribution is 2.26. The average molecular weight is 335 g/mol. The van der Waals surface area contributed by atoms with Gasteiger partial charge < -0.3 is 9.47 Å². The van der Waals surface area contributed by atoms with E-state index in [1.807, 2.05) is 18.5 Å². The number of hydrogen-bond acceptors (Lipinski definition) is 4. The van der Waals surface area contributed by atoms with Gasteiger partial charge in [-0.2, -0.15) is 0 Å². The normalized spacial score (nSPS) is 9.60. The van der Waals surface area contributed by atoms with Gasteiger partial charge in [-0.15, -0.1) is 35.0 Å². The largest absolute Gasteiger partial charge is 0.377 e. The van der Waals surface area contributed by atoms with Crippen molar-refractivity contribution in [2.24, 2.45) is 7.05 Å².